The van der Waals surface area contributed by atoms with Crippen molar-refractivity contribution in [3.8, 4) is 0 Å². The molecule has 1 aromatic carbocycles. The highest BCUT2D eigenvalue weighted by molar-refractivity contribution is 14.1. The summed E-state index contributed by atoms with van der Waals surface area (Å²) in [5, 5.41) is 0. The number of nitrogens with zero attached hydrogens (tertiary/aromatic N) is 1. The Labute approximate surface area is 121 Å². The van der Waals surface area contributed by atoms with Crippen LogP contribution in [0.1, 0.15) is 6.42 Å². The number of halogens is 3. The molecule has 1 fully saturated rings. The standard InChI is InChI=1S/C12H10F2INO3/c1-19-12(18)6-2-11(17)16(5-6)10-4-8(14)7(13)3-9(10)15/h3-4,6H,2,5H2,1H3. The third-order valence-electron chi connectivity index (χ3n) is 2.94. The van der Waals surface area contributed by atoms with Crippen LogP contribution in [-0.2, 0) is 14.3 Å². The summed E-state index contributed by atoms with van der Waals surface area (Å²) in [5.74, 6) is -3.34. The lowest BCUT2D eigenvalue weighted by Crippen LogP contribution is -2.27. The molecule has 0 N–H and O–H groups in total. The maximum Gasteiger partial charge on any atom is 0.311 e. The number of hydrogen-bond donors (Lipinski definition) is 0. The summed E-state index contributed by atoms with van der Waals surface area (Å²) in [6.07, 6.45) is 0.0156. The van der Waals surface area contributed by atoms with Crippen molar-refractivity contribution in [2.45, 2.75) is 6.42 Å². The molecule has 0 aromatic heterocycles. The van der Waals surface area contributed by atoms with Crippen LogP contribution in [0.3, 0.4) is 0 Å². The zero-order valence-corrected chi connectivity index (χ0v) is 12.1. The van der Waals surface area contributed by atoms with E-state index in [1.54, 1.807) is 0 Å². The second kappa shape index (κ2) is 5.40. The minimum Gasteiger partial charge on any atom is -0.469 e. The Morgan fingerprint density at radius 3 is 2.68 bits per heavy atom. The van der Waals surface area contributed by atoms with Gasteiger partial charge in [0, 0.05) is 22.6 Å². The van der Waals surface area contributed by atoms with E-state index in [1.165, 1.54) is 12.0 Å². The fraction of sp³-hybridized carbons (Fsp3) is 0.333. The van der Waals surface area contributed by atoms with E-state index >= 15 is 0 Å². The number of methoxy groups -OCH3 is 1. The summed E-state index contributed by atoms with van der Waals surface area (Å²) in [5.41, 5.74) is 0.274. The molecule has 1 atom stereocenters. The molecular weight excluding hydrogens is 371 g/mol. The number of rotatable bonds is 2. The lowest BCUT2D eigenvalue weighted by atomic mass is 10.1. The summed E-state index contributed by atoms with van der Waals surface area (Å²) >= 11 is 1.82. The fourth-order valence-electron chi connectivity index (χ4n) is 1.98. The molecule has 1 saturated heterocycles. The maximum atomic E-state index is 13.3. The van der Waals surface area contributed by atoms with E-state index in [0.717, 1.165) is 12.1 Å². The first-order valence-corrected chi connectivity index (χ1v) is 6.54. The van der Waals surface area contributed by atoms with Gasteiger partial charge in [-0.15, -0.1) is 0 Å². The molecule has 0 bridgehead atoms. The quantitative estimate of drug-likeness (QED) is 0.448. The summed E-state index contributed by atoms with van der Waals surface area (Å²) in [4.78, 5) is 24.5. The molecule has 4 nitrogen and oxygen atoms in total. The van der Waals surface area contributed by atoms with Crippen molar-refractivity contribution in [3.05, 3.63) is 27.3 Å². The van der Waals surface area contributed by atoms with Crippen LogP contribution >= 0.6 is 22.6 Å². The minimum absolute atomic E-state index is 0.0156. The largest absolute Gasteiger partial charge is 0.469 e. The van der Waals surface area contributed by atoms with Crippen LogP contribution in [0.4, 0.5) is 14.5 Å². The highest BCUT2D eigenvalue weighted by Crippen LogP contribution is 2.31. The van der Waals surface area contributed by atoms with Crippen LogP contribution in [0, 0.1) is 21.1 Å². The first-order chi connectivity index (χ1) is 8.93. The number of ether oxygens (including phenoxy) is 1. The average molecular weight is 381 g/mol. The Morgan fingerprint density at radius 1 is 1.42 bits per heavy atom. The predicted molar refractivity (Wildman–Crippen MR) is 71.6 cm³/mol. The Kier molecular flexibility index (Phi) is 4.02. The van der Waals surface area contributed by atoms with E-state index in [2.05, 4.69) is 4.74 Å². The van der Waals surface area contributed by atoms with Crippen molar-refractivity contribution in [3.63, 3.8) is 0 Å². The minimum atomic E-state index is -1.02. The van der Waals surface area contributed by atoms with E-state index in [1.807, 2.05) is 22.6 Å². The lowest BCUT2D eigenvalue weighted by molar-refractivity contribution is -0.145. The Hall–Kier alpha value is -1.25. The monoisotopic (exact) mass is 381 g/mol. The number of benzene rings is 1. The van der Waals surface area contributed by atoms with Crippen LogP contribution in [0.5, 0.6) is 0 Å². The predicted octanol–water partition coefficient (Wildman–Crippen LogP) is 2.10. The summed E-state index contributed by atoms with van der Waals surface area (Å²) < 4.78 is 31.3. The molecule has 2 rings (SSSR count). The van der Waals surface area contributed by atoms with Gasteiger partial charge < -0.3 is 9.64 Å². The van der Waals surface area contributed by atoms with Crippen molar-refractivity contribution in [1.29, 1.82) is 0 Å². The highest BCUT2D eigenvalue weighted by Gasteiger charge is 2.36. The number of esters is 1. The molecule has 19 heavy (non-hydrogen) atoms. The van der Waals surface area contributed by atoms with Crippen LogP contribution in [0.25, 0.3) is 0 Å². The van der Waals surface area contributed by atoms with Gasteiger partial charge in [-0.3, -0.25) is 9.59 Å². The van der Waals surface area contributed by atoms with Gasteiger partial charge >= 0.3 is 5.97 Å². The van der Waals surface area contributed by atoms with Gasteiger partial charge in [-0.1, -0.05) is 0 Å². The van der Waals surface area contributed by atoms with E-state index in [-0.39, 0.29) is 24.6 Å². The number of anilines is 1. The first-order valence-electron chi connectivity index (χ1n) is 5.46. The molecule has 1 aromatic rings. The maximum absolute atomic E-state index is 13.3. The van der Waals surface area contributed by atoms with Gasteiger partial charge in [0.2, 0.25) is 5.91 Å². The van der Waals surface area contributed by atoms with Gasteiger partial charge in [0.25, 0.3) is 0 Å². The molecule has 0 spiro atoms. The van der Waals surface area contributed by atoms with Gasteiger partial charge in [-0.2, -0.15) is 0 Å². The van der Waals surface area contributed by atoms with Gasteiger partial charge in [0.1, 0.15) is 0 Å². The molecule has 1 aliphatic rings. The van der Waals surface area contributed by atoms with Crippen molar-refractivity contribution in [2.75, 3.05) is 18.6 Å². The van der Waals surface area contributed by atoms with Gasteiger partial charge in [0.15, 0.2) is 11.6 Å². The van der Waals surface area contributed by atoms with Crippen LogP contribution in [-0.4, -0.2) is 25.5 Å². The smallest absolute Gasteiger partial charge is 0.311 e. The average Bonchev–Trinajstić information content (AvgIpc) is 2.75. The molecule has 0 radical (unpaired) electrons. The second-order valence-corrected chi connectivity index (χ2v) is 5.31. The third kappa shape index (κ3) is 2.70. The van der Waals surface area contributed by atoms with Gasteiger partial charge in [-0.25, -0.2) is 8.78 Å². The molecule has 0 aliphatic carbocycles. The van der Waals surface area contributed by atoms with Gasteiger partial charge in [0.05, 0.1) is 18.7 Å². The first kappa shape index (κ1) is 14.2. The van der Waals surface area contributed by atoms with Crippen molar-refractivity contribution >= 4 is 40.2 Å². The van der Waals surface area contributed by atoms with Crippen molar-refractivity contribution in [1.82, 2.24) is 0 Å². The van der Waals surface area contributed by atoms with Crippen molar-refractivity contribution < 1.29 is 23.1 Å². The normalized spacial score (nSPS) is 18.8. The van der Waals surface area contributed by atoms with Crippen LogP contribution in [0.15, 0.2) is 12.1 Å². The van der Waals surface area contributed by atoms with Crippen LogP contribution in [0.2, 0.25) is 0 Å². The van der Waals surface area contributed by atoms with E-state index < -0.39 is 23.5 Å². The van der Waals surface area contributed by atoms with E-state index in [4.69, 9.17) is 0 Å². The molecule has 7 heteroatoms. The van der Waals surface area contributed by atoms with E-state index in [0.29, 0.717) is 3.57 Å². The SMILES string of the molecule is COC(=O)C1CC(=O)N(c2cc(F)c(F)cc2I)C1. The number of carbonyl (C=O) groups excluding carboxylic acids is 2. The summed E-state index contributed by atoms with van der Waals surface area (Å²) in [6, 6.07) is 1.98. The zero-order chi connectivity index (χ0) is 14.2. The Morgan fingerprint density at radius 2 is 2.05 bits per heavy atom. The Balaban J connectivity index is 2.30. The second-order valence-electron chi connectivity index (χ2n) is 4.15. The van der Waals surface area contributed by atoms with Crippen LogP contribution < -0.4 is 4.90 Å². The Bertz CT molecular complexity index is 550. The zero-order valence-electron chi connectivity index (χ0n) is 9.95. The molecular formula is C12H10F2INO3. The summed E-state index contributed by atoms with van der Waals surface area (Å²) in [7, 11) is 1.25. The molecule has 0 saturated carbocycles. The van der Waals surface area contributed by atoms with Gasteiger partial charge in [-0.05, 0) is 28.7 Å². The summed E-state index contributed by atoms with van der Waals surface area (Å²) in [6.45, 7) is 0.118. The molecule has 1 heterocycles. The topological polar surface area (TPSA) is 46.6 Å². The molecule has 1 unspecified atom stereocenters. The van der Waals surface area contributed by atoms with Crippen molar-refractivity contribution in [2.24, 2.45) is 5.92 Å². The molecule has 102 valence electrons. The molecule has 1 aliphatic heterocycles. The molecule has 1 amide bonds. The number of amides is 1. The fourth-order valence-corrected chi connectivity index (χ4v) is 2.70. The lowest BCUT2D eigenvalue weighted by Gasteiger charge is -2.18. The number of carbonyl (C=O) groups is 2. The van der Waals surface area contributed by atoms with E-state index in [9.17, 15) is 18.4 Å². The highest BCUT2D eigenvalue weighted by atomic mass is 127. The third-order valence-corrected chi connectivity index (χ3v) is 3.80. The number of hydrogen-bond acceptors (Lipinski definition) is 3.